The third kappa shape index (κ3) is 2.17. The average Bonchev–Trinajstić information content (AvgIpc) is 2.30. The van der Waals surface area contributed by atoms with Crippen LogP contribution in [0.5, 0.6) is 0 Å². The van der Waals surface area contributed by atoms with Crippen molar-refractivity contribution in [3.63, 3.8) is 0 Å². The van der Waals surface area contributed by atoms with Crippen LogP contribution in [0.25, 0.3) is 11.1 Å². The van der Waals surface area contributed by atoms with Crippen molar-refractivity contribution >= 4 is 23.2 Å². The van der Waals surface area contributed by atoms with Crippen molar-refractivity contribution in [2.24, 2.45) is 0 Å². The van der Waals surface area contributed by atoms with Gasteiger partial charge in [0.2, 0.25) is 0 Å². The van der Waals surface area contributed by atoms with Gasteiger partial charge < -0.3 is 0 Å². The van der Waals surface area contributed by atoms with E-state index in [0.29, 0.717) is 5.88 Å². The minimum atomic E-state index is 0.501. The Bertz CT molecular complexity index is 464. The van der Waals surface area contributed by atoms with Gasteiger partial charge in [0.1, 0.15) is 0 Å². The molecule has 0 unspecified atom stereocenters. The van der Waals surface area contributed by atoms with Crippen LogP contribution >= 0.6 is 23.2 Å². The Hall–Kier alpha value is -0.980. The Labute approximate surface area is 99.5 Å². The maximum Gasteiger partial charge on any atom is 0.0484 e. The van der Waals surface area contributed by atoms with Crippen LogP contribution in [0.2, 0.25) is 5.02 Å². The fourth-order valence-electron chi connectivity index (χ4n) is 1.58. The van der Waals surface area contributed by atoms with Crippen LogP contribution in [-0.4, -0.2) is 0 Å². The predicted octanol–water partition coefficient (Wildman–Crippen LogP) is 4.75. The van der Waals surface area contributed by atoms with Gasteiger partial charge in [-0.05, 0) is 17.2 Å². The molecule has 0 aliphatic heterocycles. The lowest BCUT2D eigenvalue weighted by atomic mass is 10.0. The molecule has 15 heavy (non-hydrogen) atoms. The summed E-state index contributed by atoms with van der Waals surface area (Å²) in [4.78, 5) is 0. The van der Waals surface area contributed by atoms with Gasteiger partial charge in [-0.25, -0.2) is 0 Å². The zero-order chi connectivity index (χ0) is 10.7. The molecule has 0 heterocycles. The zero-order valence-electron chi connectivity index (χ0n) is 8.08. The number of benzene rings is 2. The Balaban J connectivity index is 2.59. The summed E-state index contributed by atoms with van der Waals surface area (Å²) in [7, 11) is 0. The minimum absolute atomic E-state index is 0.501. The quantitative estimate of drug-likeness (QED) is 0.661. The Morgan fingerprint density at radius 1 is 0.800 bits per heavy atom. The summed E-state index contributed by atoms with van der Waals surface area (Å²) >= 11 is 12.0. The number of hydrogen-bond donors (Lipinski definition) is 0. The van der Waals surface area contributed by atoms with E-state index in [4.69, 9.17) is 23.2 Å². The molecule has 0 aliphatic carbocycles. The zero-order valence-corrected chi connectivity index (χ0v) is 9.59. The van der Waals surface area contributed by atoms with Gasteiger partial charge in [0, 0.05) is 16.5 Å². The molecule has 0 aromatic heterocycles. The molecule has 2 heteroatoms. The molecule has 0 aliphatic rings. The largest absolute Gasteiger partial charge is 0.122 e. The summed E-state index contributed by atoms with van der Waals surface area (Å²) < 4.78 is 0. The Morgan fingerprint density at radius 2 is 1.40 bits per heavy atom. The van der Waals surface area contributed by atoms with E-state index >= 15 is 0 Å². The van der Waals surface area contributed by atoms with Gasteiger partial charge in [-0.3, -0.25) is 0 Å². The number of alkyl halides is 1. The maximum absolute atomic E-state index is 6.14. The summed E-state index contributed by atoms with van der Waals surface area (Å²) in [6.45, 7) is 0. The highest BCUT2D eigenvalue weighted by molar-refractivity contribution is 6.33. The van der Waals surface area contributed by atoms with Gasteiger partial charge in [0.05, 0.1) is 0 Å². The molecule has 2 aromatic carbocycles. The molecule has 0 N–H and O–H groups in total. The van der Waals surface area contributed by atoms with E-state index in [1.807, 2.05) is 48.5 Å². The van der Waals surface area contributed by atoms with Crippen LogP contribution in [0.15, 0.2) is 48.5 Å². The van der Waals surface area contributed by atoms with Crippen LogP contribution in [-0.2, 0) is 5.88 Å². The van der Waals surface area contributed by atoms with Crippen LogP contribution in [0.1, 0.15) is 5.56 Å². The molecule has 0 fully saturated rings. The van der Waals surface area contributed by atoms with Gasteiger partial charge >= 0.3 is 0 Å². The van der Waals surface area contributed by atoms with E-state index in [1.54, 1.807) is 0 Å². The van der Waals surface area contributed by atoms with Gasteiger partial charge in [-0.1, -0.05) is 54.1 Å². The van der Waals surface area contributed by atoms with E-state index in [2.05, 4.69) is 0 Å². The second kappa shape index (κ2) is 4.69. The molecule has 76 valence electrons. The topological polar surface area (TPSA) is 0 Å². The fraction of sp³-hybridized carbons (Fsp3) is 0.0769. The molecule has 2 rings (SSSR count). The lowest BCUT2D eigenvalue weighted by Crippen LogP contribution is -1.86. The monoisotopic (exact) mass is 236 g/mol. The summed E-state index contributed by atoms with van der Waals surface area (Å²) in [5.41, 5.74) is 3.25. The highest BCUT2D eigenvalue weighted by Gasteiger charge is 2.06. The van der Waals surface area contributed by atoms with Gasteiger partial charge in [-0.15, -0.1) is 11.6 Å². The molecule has 0 bridgehead atoms. The molecule has 0 radical (unpaired) electrons. The lowest BCUT2D eigenvalue weighted by molar-refractivity contribution is 1.40. The van der Waals surface area contributed by atoms with Gasteiger partial charge in [-0.2, -0.15) is 0 Å². The van der Waals surface area contributed by atoms with E-state index in [-0.39, 0.29) is 0 Å². The average molecular weight is 237 g/mol. The van der Waals surface area contributed by atoms with Gasteiger partial charge in [0.25, 0.3) is 0 Å². The number of rotatable bonds is 2. The molecule has 2 aromatic rings. The summed E-state index contributed by atoms with van der Waals surface area (Å²) in [5, 5.41) is 0.759. The normalized spacial score (nSPS) is 10.3. The molecule has 0 atom stereocenters. The highest BCUT2D eigenvalue weighted by Crippen LogP contribution is 2.30. The Morgan fingerprint density at radius 3 is 2.07 bits per heavy atom. The number of halogens is 2. The van der Waals surface area contributed by atoms with E-state index < -0.39 is 0 Å². The lowest BCUT2D eigenvalue weighted by Gasteiger charge is -2.08. The van der Waals surface area contributed by atoms with Crippen molar-refractivity contribution in [2.45, 2.75) is 5.88 Å². The van der Waals surface area contributed by atoms with Crippen molar-refractivity contribution in [1.29, 1.82) is 0 Å². The maximum atomic E-state index is 6.14. The van der Waals surface area contributed by atoms with E-state index in [0.717, 1.165) is 21.7 Å². The van der Waals surface area contributed by atoms with E-state index in [1.165, 1.54) is 0 Å². The SMILES string of the molecule is ClCc1ccccc1-c1ccccc1Cl. The molecular formula is C13H10Cl2. The highest BCUT2D eigenvalue weighted by atomic mass is 35.5. The molecular weight excluding hydrogens is 227 g/mol. The first-order valence-electron chi connectivity index (χ1n) is 4.71. The van der Waals surface area contributed by atoms with Crippen molar-refractivity contribution in [1.82, 2.24) is 0 Å². The van der Waals surface area contributed by atoms with Crippen LogP contribution in [0.4, 0.5) is 0 Å². The van der Waals surface area contributed by atoms with Gasteiger partial charge in [0.15, 0.2) is 0 Å². The first-order chi connectivity index (χ1) is 7.33. The van der Waals surface area contributed by atoms with Crippen molar-refractivity contribution in [3.8, 4) is 11.1 Å². The predicted molar refractivity (Wildman–Crippen MR) is 66.4 cm³/mol. The third-order valence-corrected chi connectivity index (χ3v) is 2.94. The van der Waals surface area contributed by atoms with Crippen molar-refractivity contribution in [2.75, 3.05) is 0 Å². The molecule has 0 spiro atoms. The second-order valence-corrected chi connectivity index (χ2v) is 3.95. The molecule has 0 saturated heterocycles. The second-order valence-electron chi connectivity index (χ2n) is 3.27. The number of hydrogen-bond acceptors (Lipinski definition) is 0. The summed E-state index contributed by atoms with van der Waals surface area (Å²) in [6, 6.07) is 15.8. The van der Waals surface area contributed by atoms with E-state index in [9.17, 15) is 0 Å². The summed E-state index contributed by atoms with van der Waals surface area (Å²) in [6.07, 6.45) is 0. The Kier molecular flexibility index (Phi) is 3.30. The standard InChI is InChI=1S/C13H10Cl2/c14-9-10-5-1-2-6-11(10)12-7-3-4-8-13(12)15/h1-8H,9H2. The fourth-order valence-corrected chi connectivity index (χ4v) is 2.05. The van der Waals surface area contributed by atoms with Crippen LogP contribution < -0.4 is 0 Å². The minimum Gasteiger partial charge on any atom is -0.122 e. The molecule has 0 saturated carbocycles. The first kappa shape index (κ1) is 10.5. The third-order valence-electron chi connectivity index (χ3n) is 2.33. The molecule has 0 amide bonds. The summed E-state index contributed by atoms with van der Waals surface area (Å²) in [5.74, 6) is 0.501. The molecule has 0 nitrogen and oxygen atoms in total. The van der Waals surface area contributed by atoms with Crippen molar-refractivity contribution in [3.05, 3.63) is 59.1 Å². The van der Waals surface area contributed by atoms with Crippen LogP contribution in [0.3, 0.4) is 0 Å². The smallest absolute Gasteiger partial charge is 0.0484 e. The van der Waals surface area contributed by atoms with Crippen molar-refractivity contribution < 1.29 is 0 Å². The first-order valence-corrected chi connectivity index (χ1v) is 5.63. The van der Waals surface area contributed by atoms with Crippen LogP contribution in [0, 0.1) is 0 Å².